The maximum absolute atomic E-state index is 10.8. The van der Waals surface area contributed by atoms with Crippen molar-refractivity contribution in [2.45, 2.75) is 51.5 Å². The second-order valence-corrected chi connectivity index (χ2v) is 5.34. The summed E-state index contributed by atoms with van der Waals surface area (Å²) in [5.41, 5.74) is 0. The van der Waals surface area contributed by atoms with Gasteiger partial charge in [-0.1, -0.05) is 6.92 Å². The smallest absolute Gasteiger partial charge is 0.303 e. The van der Waals surface area contributed by atoms with Crippen LogP contribution in [0, 0.1) is 0 Å². The van der Waals surface area contributed by atoms with E-state index in [0.29, 0.717) is 18.9 Å². The maximum atomic E-state index is 10.8. The van der Waals surface area contributed by atoms with Gasteiger partial charge in [-0.3, -0.25) is 4.79 Å². The molecule has 1 aliphatic heterocycles. The Bertz CT molecular complexity index is 467. The highest BCUT2D eigenvalue weighted by atomic mass is 16.5. The van der Waals surface area contributed by atoms with E-state index in [9.17, 15) is 4.79 Å². The molecule has 0 bridgehead atoms. The Morgan fingerprint density at radius 1 is 1.48 bits per heavy atom. The third-order valence-electron chi connectivity index (χ3n) is 3.69. The summed E-state index contributed by atoms with van der Waals surface area (Å²) in [5.74, 6) is 0.686. The third kappa shape index (κ3) is 4.58. The fourth-order valence-electron chi connectivity index (χ4n) is 2.66. The molecule has 2 heterocycles. The van der Waals surface area contributed by atoms with Crippen molar-refractivity contribution in [2.24, 2.45) is 0 Å². The van der Waals surface area contributed by atoms with Crippen molar-refractivity contribution >= 4 is 11.8 Å². The molecule has 1 atom stereocenters. The van der Waals surface area contributed by atoms with Crippen LogP contribution in [0.1, 0.15) is 45.4 Å². The first kappa shape index (κ1) is 15.5. The van der Waals surface area contributed by atoms with E-state index in [1.165, 1.54) is 6.33 Å². The van der Waals surface area contributed by atoms with Gasteiger partial charge in [0, 0.05) is 25.1 Å². The predicted octanol–water partition coefficient (Wildman–Crippen LogP) is 2.49. The quantitative estimate of drug-likeness (QED) is 0.832. The molecule has 1 saturated heterocycles. The van der Waals surface area contributed by atoms with Gasteiger partial charge in [0.05, 0.1) is 6.61 Å². The van der Waals surface area contributed by atoms with Crippen molar-refractivity contribution < 1.29 is 14.6 Å². The predicted molar refractivity (Wildman–Crippen MR) is 79.7 cm³/mol. The zero-order chi connectivity index (χ0) is 15.1. The molecule has 1 aliphatic rings. The highest BCUT2D eigenvalue weighted by molar-refractivity contribution is 5.66. The molecule has 0 aromatic carbocycles. The number of anilines is 1. The van der Waals surface area contributed by atoms with Gasteiger partial charge in [-0.2, -0.15) is 0 Å². The standard InChI is InChI=1S/C15H23N3O3/c1-2-9-21-14-10-13(16-11-17-14)18-8-4-3-5-12(18)6-7-15(19)20/h10-12H,2-9H2,1H3,(H,19,20). The first-order chi connectivity index (χ1) is 10.2. The van der Waals surface area contributed by atoms with Gasteiger partial charge < -0.3 is 14.7 Å². The minimum absolute atomic E-state index is 0.200. The number of piperidine rings is 1. The van der Waals surface area contributed by atoms with Crippen LogP contribution in [0.3, 0.4) is 0 Å². The van der Waals surface area contributed by atoms with Gasteiger partial charge in [-0.05, 0) is 32.1 Å². The molecule has 1 N–H and O–H groups in total. The highest BCUT2D eigenvalue weighted by Crippen LogP contribution is 2.27. The Kier molecular flexibility index (Phi) is 5.78. The first-order valence-corrected chi connectivity index (χ1v) is 7.64. The number of carbonyl (C=O) groups is 1. The number of carboxylic acid groups (broad SMARTS) is 1. The van der Waals surface area contributed by atoms with Crippen LogP contribution in [-0.4, -0.2) is 40.2 Å². The summed E-state index contributed by atoms with van der Waals surface area (Å²) in [6, 6.07) is 2.10. The number of hydrogen-bond donors (Lipinski definition) is 1. The van der Waals surface area contributed by atoms with Crippen LogP contribution in [0.15, 0.2) is 12.4 Å². The Balaban J connectivity index is 2.07. The van der Waals surface area contributed by atoms with Crippen LogP contribution in [0.5, 0.6) is 5.88 Å². The van der Waals surface area contributed by atoms with Crippen LogP contribution >= 0.6 is 0 Å². The van der Waals surface area contributed by atoms with Crippen molar-refractivity contribution in [3.8, 4) is 5.88 Å². The third-order valence-corrected chi connectivity index (χ3v) is 3.69. The van der Waals surface area contributed by atoms with E-state index < -0.39 is 5.97 Å². The van der Waals surface area contributed by atoms with Gasteiger partial charge in [0.1, 0.15) is 12.1 Å². The van der Waals surface area contributed by atoms with Crippen molar-refractivity contribution in [3.63, 3.8) is 0 Å². The number of aromatic nitrogens is 2. The van der Waals surface area contributed by atoms with E-state index in [2.05, 4.69) is 21.8 Å². The van der Waals surface area contributed by atoms with E-state index >= 15 is 0 Å². The number of ether oxygens (including phenoxy) is 1. The largest absolute Gasteiger partial charge is 0.481 e. The zero-order valence-corrected chi connectivity index (χ0v) is 12.5. The van der Waals surface area contributed by atoms with Gasteiger partial charge in [-0.15, -0.1) is 0 Å². The van der Waals surface area contributed by atoms with Crippen molar-refractivity contribution in [3.05, 3.63) is 12.4 Å². The van der Waals surface area contributed by atoms with Gasteiger partial charge in [0.2, 0.25) is 5.88 Å². The van der Waals surface area contributed by atoms with Crippen molar-refractivity contribution in [2.75, 3.05) is 18.1 Å². The molecule has 0 saturated carbocycles. The summed E-state index contributed by atoms with van der Waals surface area (Å²) in [7, 11) is 0. The lowest BCUT2D eigenvalue weighted by Crippen LogP contribution is -2.40. The summed E-state index contributed by atoms with van der Waals surface area (Å²) in [5, 5.41) is 8.88. The van der Waals surface area contributed by atoms with E-state index in [-0.39, 0.29) is 12.5 Å². The molecular formula is C15H23N3O3. The molecule has 0 aliphatic carbocycles. The van der Waals surface area contributed by atoms with Crippen LogP contribution in [0.4, 0.5) is 5.82 Å². The Morgan fingerprint density at radius 2 is 2.33 bits per heavy atom. The molecule has 1 fully saturated rings. The topological polar surface area (TPSA) is 75.5 Å². The van der Waals surface area contributed by atoms with Crippen LogP contribution in [0.25, 0.3) is 0 Å². The molecule has 0 spiro atoms. The number of nitrogens with zero attached hydrogens (tertiary/aromatic N) is 3. The molecule has 1 aromatic rings. The van der Waals surface area contributed by atoms with E-state index in [1.807, 2.05) is 6.07 Å². The lowest BCUT2D eigenvalue weighted by Gasteiger charge is -2.36. The summed E-state index contributed by atoms with van der Waals surface area (Å²) >= 11 is 0. The monoisotopic (exact) mass is 293 g/mol. The Morgan fingerprint density at radius 3 is 3.10 bits per heavy atom. The van der Waals surface area contributed by atoms with E-state index in [0.717, 1.165) is 38.0 Å². The molecule has 21 heavy (non-hydrogen) atoms. The first-order valence-electron chi connectivity index (χ1n) is 7.64. The lowest BCUT2D eigenvalue weighted by molar-refractivity contribution is -0.137. The summed E-state index contributed by atoms with van der Waals surface area (Å²) < 4.78 is 5.55. The lowest BCUT2D eigenvalue weighted by atomic mass is 9.98. The average molecular weight is 293 g/mol. The van der Waals surface area contributed by atoms with Crippen molar-refractivity contribution in [1.29, 1.82) is 0 Å². The molecular weight excluding hydrogens is 270 g/mol. The normalized spacial score (nSPS) is 18.5. The second-order valence-electron chi connectivity index (χ2n) is 5.34. The van der Waals surface area contributed by atoms with Gasteiger partial charge in [-0.25, -0.2) is 9.97 Å². The molecule has 116 valence electrons. The number of rotatable bonds is 7. The highest BCUT2D eigenvalue weighted by Gasteiger charge is 2.24. The minimum atomic E-state index is -0.741. The molecule has 0 amide bonds. The van der Waals surface area contributed by atoms with Gasteiger partial charge in [0.25, 0.3) is 0 Å². The molecule has 6 nitrogen and oxygen atoms in total. The van der Waals surface area contributed by atoms with E-state index in [4.69, 9.17) is 9.84 Å². The molecule has 1 unspecified atom stereocenters. The van der Waals surface area contributed by atoms with Crippen molar-refractivity contribution in [1.82, 2.24) is 9.97 Å². The summed E-state index contributed by atoms with van der Waals surface area (Å²) in [4.78, 5) is 21.4. The number of aliphatic carboxylic acids is 1. The molecule has 1 aromatic heterocycles. The molecule has 0 radical (unpaired) electrons. The van der Waals surface area contributed by atoms with Gasteiger partial charge >= 0.3 is 5.97 Å². The zero-order valence-electron chi connectivity index (χ0n) is 12.5. The minimum Gasteiger partial charge on any atom is -0.481 e. The molecule has 2 rings (SSSR count). The Hall–Kier alpha value is -1.85. The van der Waals surface area contributed by atoms with Crippen LogP contribution in [-0.2, 0) is 4.79 Å². The SMILES string of the molecule is CCCOc1cc(N2CCCCC2CCC(=O)O)ncn1. The van der Waals surface area contributed by atoms with E-state index in [1.54, 1.807) is 0 Å². The number of carboxylic acids is 1. The average Bonchev–Trinajstić information content (AvgIpc) is 2.51. The fraction of sp³-hybridized carbons (Fsp3) is 0.667. The van der Waals surface area contributed by atoms with Gasteiger partial charge in [0.15, 0.2) is 0 Å². The number of hydrogen-bond acceptors (Lipinski definition) is 5. The molecule has 6 heteroatoms. The summed E-state index contributed by atoms with van der Waals surface area (Å²) in [6.07, 6.45) is 6.58. The van der Waals surface area contributed by atoms with Crippen LogP contribution in [0.2, 0.25) is 0 Å². The fourth-order valence-corrected chi connectivity index (χ4v) is 2.66. The maximum Gasteiger partial charge on any atom is 0.303 e. The van der Waals surface area contributed by atoms with Crippen LogP contribution < -0.4 is 9.64 Å². The summed E-state index contributed by atoms with van der Waals surface area (Å²) in [6.45, 7) is 3.60. The second kappa shape index (κ2) is 7.81. The Labute approximate surface area is 125 Å².